The van der Waals surface area contributed by atoms with E-state index in [9.17, 15) is 9.90 Å². The molecule has 12 heavy (non-hydrogen) atoms. The lowest BCUT2D eigenvalue weighted by molar-refractivity contribution is -0.128. The lowest BCUT2D eigenvalue weighted by Crippen LogP contribution is -2.36. The molecule has 0 aromatic rings. The van der Waals surface area contributed by atoms with Crippen molar-refractivity contribution in [2.24, 2.45) is 11.3 Å². The molecule has 0 rings (SSSR count). The van der Waals surface area contributed by atoms with Crippen LogP contribution in [0.3, 0.4) is 0 Å². The van der Waals surface area contributed by atoms with Gasteiger partial charge < -0.3 is 5.11 Å². The van der Waals surface area contributed by atoms with Gasteiger partial charge in [0.2, 0.25) is 0 Å². The van der Waals surface area contributed by atoms with Gasteiger partial charge in [-0.3, -0.25) is 4.79 Å². The first kappa shape index (κ1) is 11.6. The fourth-order valence-corrected chi connectivity index (χ4v) is 1.25. The van der Waals surface area contributed by atoms with Crippen molar-refractivity contribution in [3.63, 3.8) is 0 Å². The summed E-state index contributed by atoms with van der Waals surface area (Å²) in [5.74, 6) is -0.104. The zero-order valence-electron chi connectivity index (χ0n) is 8.72. The molecule has 2 nitrogen and oxygen atoms in total. The molecular weight excluding hydrogens is 152 g/mol. The van der Waals surface area contributed by atoms with E-state index in [4.69, 9.17) is 0 Å². The summed E-state index contributed by atoms with van der Waals surface area (Å²) in [4.78, 5) is 11.2. The SMILES string of the molecule is CCC(=O)[C@H](C)[C@H](O)C(C)(C)C. The van der Waals surface area contributed by atoms with E-state index in [0.29, 0.717) is 6.42 Å². The molecule has 0 aromatic heterocycles. The average molecular weight is 172 g/mol. The van der Waals surface area contributed by atoms with Crippen molar-refractivity contribution >= 4 is 5.78 Å². The van der Waals surface area contributed by atoms with E-state index in [1.807, 2.05) is 27.7 Å². The highest BCUT2D eigenvalue weighted by atomic mass is 16.3. The van der Waals surface area contributed by atoms with E-state index in [0.717, 1.165) is 0 Å². The first-order valence-corrected chi connectivity index (χ1v) is 4.51. The minimum Gasteiger partial charge on any atom is -0.392 e. The van der Waals surface area contributed by atoms with Gasteiger partial charge in [-0.1, -0.05) is 34.6 Å². The highest BCUT2D eigenvalue weighted by Gasteiger charge is 2.30. The zero-order chi connectivity index (χ0) is 9.94. The van der Waals surface area contributed by atoms with Crippen LogP contribution >= 0.6 is 0 Å². The monoisotopic (exact) mass is 172 g/mol. The number of carbonyl (C=O) groups is 1. The number of Topliss-reactive ketones (excluding diaryl/α,β-unsaturated/α-hetero) is 1. The number of ketones is 1. The number of aliphatic hydroxyl groups excluding tert-OH is 1. The van der Waals surface area contributed by atoms with E-state index >= 15 is 0 Å². The molecule has 0 aromatic carbocycles. The molecule has 0 saturated carbocycles. The second-order valence-corrected chi connectivity index (χ2v) is 4.42. The Labute approximate surface area is 75.0 Å². The van der Waals surface area contributed by atoms with Gasteiger partial charge >= 0.3 is 0 Å². The summed E-state index contributed by atoms with van der Waals surface area (Å²) < 4.78 is 0. The number of rotatable bonds is 3. The van der Waals surface area contributed by atoms with Crippen molar-refractivity contribution in [3.8, 4) is 0 Å². The van der Waals surface area contributed by atoms with Gasteiger partial charge in [0.25, 0.3) is 0 Å². The summed E-state index contributed by atoms with van der Waals surface area (Å²) in [5, 5.41) is 9.73. The molecule has 72 valence electrons. The lowest BCUT2D eigenvalue weighted by atomic mass is 9.80. The predicted molar refractivity (Wildman–Crippen MR) is 49.9 cm³/mol. The second kappa shape index (κ2) is 4.04. The van der Waals surface area contributed by atoms with E-state index in [-0.39, 0.29) is 17.1 Å². The van der Waals surface area contributed by atoms with Gasteiger partial charge in [0, 0.05) is 12.3 Å². The molecular formula is C10H20O2. The van der Waals surface area contributed by atoms with Crippen LogP contribution in [0.25, 0.3) is 0 Å². The van der Waals surface area contributed by atoms with Crippen molar-refractivity contribution in [1.82, 2.24) is 0 Å². The maximum absolute atomic E-state index is 11.2. The van der Waals surface area contributed by atoms with Crippen LogP contribution in [0.5, 0.6) is 0 Å². The minimum absolute atomic E-state index is 0.137. The first-order valence-electron chi connectivity index (χ1n) is 4.51. The summed E-state index contributed by atoms with van der Waals surface area (Å²) in [7, 11) is 0. The Morgan fingerprint density at radius 2 is 1.83 bits per heavy atom. The molecule has 0 aliphatic carbocycles. The molecule has 0 aliphatic rings. The molecule has 2 atom stereocenters. The van der Waals surface area contributed by atoms with Crippen molar-refractivity contribution in [2.45, 2.75) is 47.1 Å². The highest BCUT2D eigenvalue weighted by molar-refractivity contribution is 5.80. The third-order valence-corrected chi connectivity index (χ3v) is 2.22. The number of hydrogen-bond donors (Lipinski definition) is 1. The molecule has 0 saturated heterocycles. The third kappa shape index (κ3) is 2.94. The lowest BCUT2D eigenvalue weighted by Gasteiger charge is -2.29. The molecule has 2 heteroatoms. The molecule has 1 N–H and O–H groups in total. The van der Waals surface area contributed by atoms with Crippen LogP contribution in [0.4, 0.5) is 0 Å². The Morgan fingerprint density at radius 1 is 1.42 bits per heavy atom. The number of carbonyl (C=O) groups excluding carboxylic acids is 1. The van der Waals surface area contributed by atoms with Crippen LogP contribution in [0, 0.1) is 11.3 Å². The summed E-state index contributed by atoms with van der Waals surface area (Å²) in [5.41, 5.74) is -0.204. The topological polar surface area (TPSA) is 37.3 Å². The Balaban J connectivity index is 4.29. The van der Waals surface area contributed by atoms with Crippen LogP contribution in [0.15, 0.2) is 0 Å². The Morgan fingerprint density at radius 3 is 2.08 bits per heavy atom. The zero-order valence-corrected chi connectivity index (χ0v) is 8.72. The van der Waals surface area contributed by atoms with Gasteiger partial charge in [-0.25, -0.2) is 0 Å². The molecule has 0 spiro atoms. The quantitative estimate of drug-likeness (QED) is 0.707. The van der Waals surface area contributed by atoms with Gasteiger partial charge in [0.05, 0.1) is 6.10 Å². The Bertz CT molecular complexity index is 156. The molecule has 0 fully saturated rings. The third-order valence-electron chi connectivity index (χ3n) is 2.22. The first-order chi connectivity index (χ1) is 5.30. The molecule has 0 amide bonds. The second-order valence-electron chi connectivity index (χ2n) is 4.42. The van der Waals surface area contributed by atoms with E-state index in [1.54, 1.807) is 6.92 Å². The van der Waals surface area contributed by atoms with Gasteiger partial charge in [0.1, 0.15) is 5.78 Å². The molecule has 0 unspecified atom stereocenters. The largest absolute Gasteiger partial charge is 0.392 e. The maximum atomic E-state index is 11.2. The Kier molecular flexibility index (Phi) is 3.91. The van der Waals surface area contributed by atoms with E-state index < -0.39 is 6.10 Å². The minimum atomic E-state index is -0.537. The Hall–Kier alpha value is -0.370. The highest BCUT2D eigenvalue weighted by Crippen LogP contribution is 2.25. The fourth-order valence-electron chi connectivity index (χ4n) is 1.25. The molecule has 0 radical (unpaired) electrons. The number of hydrogen-bond acceptors (Lipinski definition) is 2. The van der Waals surface area contributed by atoms with Crippen molar-refractivity contribution in [1.29, 1.82) is 0 Å². The van der Waals surface area contributed by atoms with Crippen LogP contribution in [0.2, 0.25) is 0 Å². The smallest absolute Gasteiger partial charge is 0.138 e. The molecule has 0 heterocycles. The van der Waals surface area contributed by atoms with Gasteiger partial charge in [-0.05, 0) is 5.41 Å². The van der Waals surface area contributed by atoms with Crippen LogP contribution in [0.1, 0.15) is 41.0 Å². The molecule has 0 aliphatic heterocycles. The maximum Gasteiger partial charge on any atom is 0.138 e. The van der Waals surface area contributed by atoms with Gasteiger partial charge in [-0.15, -0.1) is 0 Å². The van der Waals surface area contributed by atoms with Crippen LogP contribution in [-0.4, -0.2) is 17.0 Å². The van der Waals surface area contributed by atoms with Crippen molar-refractivity contribution in [3.05, 3.63) is 0 Å². The summed E-state index contributed by atoms with van der Waals surface area (Å²) in [6.45, 7) is 9.45. The van der Waals surface area contributed by atoms with Gasteiger partial charge in [-0.2, -0.15) is 0 Å². The summed E-state index contributed by atoms with van der Waals surface area (Å²) >= 11 is 0. The van der Waals surface area contributed by atoms with Crippen LogP contribution in [-0.2, 0) is 4.79 Å². The van der Waals surface area contributed by atoms with Crippen molar-refractivity contribution in [2.75, 3.05) is 0 Å². The number of aliphatic hydroxyl groups is 1. The average Bonchev–Trinajstić information content (AvgIpc) is 1.98. The standard InChI is InChI=1S/C10H20O2/c1-6-8(11)7(2)9(12)10(3,4)5/h7,9,12H,6H2,1-5H3/t7-,9-/m0/s1. The molecule has 0 bridgehead atoms. The van der Waals surface area contributed by atoms with E-state index in [2.05, 4.69) is 0 Å². The van der Waals surface area contributed by atoms with Crippen molar-refractivity contribution < 1.29 is 9.90 Å². The van der Waals surface area contributed by atoms with Gasteiger partial charge in [0.15, 0.2) is 0 Å². The predicted octanol–water partition coefficient (Wildman–Crippen LogP) is 2.01. The summed E-state index contributed by atoms with van der Waals surface area (Å²) in [6, 6.07) is 0. The van der Waals surface area contributed by atoms with Crippen LogP contribution < -0.4 is 0 Å². The summed E-state index contributed by atoms with van der Waals surface area (Å²) in [6.07, 6.45) is -0.0288. The normalized spacial score (nSPS) is 17.2. The van der Waals surface area contributed by atoms with E-state index in [1.165, 1.54) is 0 Å². The fraction of sp³-hybridized carbons (Fsp3) is 0.900.